The van der Waals surface area contributed by atoms with E-state index in [9.17, 15) is 5.11 Å². The molecule has 0 amide bonds. The predicted molar refractivity (Wildman–Crippen MR) is 81.0 cm³/mol. The Morgan fingerprint density at radius 1 is 1.21 bits per heavy atom. The minimum absolute atomic E-state index is 0.0996. The smallest absolute Gasteiger partial charge is 0.126 e. The Kier molecular flexibility index (Phi) is 6.36. The Morgan fingerprint density at radius 3 is 2.37 bits per heavy atom. The highest BCUT2D eigenvalue weighted by atomic mass is 16.3. The molecule has 0 spiro atoms. The third-order valence-corrected chi connectivity index (χ3v) is 3.13. The zero-order valence-electron chi connectivity index (χ0n) is 11.9. The first-order valence-corrected chi connectivity index (χ1v) is 6.97. The van der Waals surface area contributed by atoms with Crippen molar-refractivity contribution < 1.29 is 5.11 Å². The van der Waals surface area contributed by atoms with Crippen LogP contribution in [0.1, 0.15) is 38.7 Å². The van der Waals surface area contributed by atoms with Crippen LogP contribution >= 0.6 is 0 Å². The van der Waals surface area contributed by atoms with E-state index >= 15 is 0 Å². The number of nitrogen functional groups attached to an aromatic ring is 1. The number of aromatic hydroxyl groups is 1. The number of hydrogen-bond donors (Lipinski definition) is 3. The summed E-state index contributed by atoms with van der Waals surface area (Å²) in [7, 11) is 0. The minimum atomic E-state index is 0.0996. The molecule has 0 saturated heterocycles. The molecule has 0 aromatic heterocycles. The second kappa shape index (κ2) is 7.79. The van der Waals surface area contributed by atoms with Crippen molar-refractivity contribution >= 4 is 11.4 Å². The van der Waals surface area contributed by atoms with Gasteiger partial charge in [-0.15, -0.1) is 0 Å². The number of phenols is 1. The zero-order valence-corrected chi connectivity index (χ0v) is 11.9. The fourth-order valence-electron chi connectivity index (χ4n) is 2.25. The van der Waals surface area contributed by atoms with Crippen LogP contribution in [0.3, 0.4) is 0 Å². The molecule has 0 aliphatic rings. The van der Waals surface area contributed by atoms with Gasteiger partial charge in [0.1, 0.15) is 5.75 Å². The van der Waals surface area contributed by atoms with Gasteiger partial charge in [-0.2, -0.15) is 0 Å². The lowest BCUT2D eigenvalue weighted by atomic mass is 10.0. The highest BCUT2D eigenvalue weighted by Crippen LogP contribution is 2.24. The molecular formula is C15H25N3O. The lowest BCUT2D eigenvalue weighted by molar-refractivity contribution is 0.282. The molecule has 4 N–H and O–H groups in total. The number of hydrogen-bond acceptors (Lipinski definition) is 4. The Bertz CT molecular complexity index is 392. The van der Waals surface area contributed by atoms with Crippen molar-refractivity contribution in [1.82, 2.24) is 4.90 Å². The average Bonchev–Trinajstić information content (AvgIpc) is 2.36. The molecule has 0 fully saturated rings. The van der Waals surface area contributed by atoms with Gasteiger partial charge in [0.2, 0.25) is 0 Å². The maximum absolute atomic E-state index is 9.80. The SMILES string of the molecule is CCCN(CCC)CCC(=N)c1c(N)cccc1O. The Labute approximate surface area is 115 Å². The largest absolute Gasteiger partial charge is 0.507 e. The molecule has 0 bridgehead atoms. The number of nitrogens with one attached hydrogen (secondary N) is 1. The van der Waals surface area contributed by atoms with Crippen molar-refractivity contribution in [1.29, 1.82) is 5.41 Å². The number of rotatable bonds is 8. The van der Waals surface area contributed by atoms with Gasteiger partial charge in [0.15, 0.2) is 0 Å². The van der Waals surface area contributed by atoms with E-state index in [1.54, 1.807) is 18.2 Å². The van der Waals surface area contributed by atoms with E-state index in [0.717, 1.165) is 32.5 Å². The molecular weight excluding hydrogens is 238 g/mol. The summed E-state index contributed by atoms with van der Waals surface area (Å²) in [6, 6.07) is 5.00. The third-order valence-electron chi connectivity index (χ3n) is 3.13. The summed E-state index contributed by atoms with van der Waals surface area (Å²) >= 11 is 0. The maximum atomic E-state index is 9.80. The molecule has 0 aliphatic heterocycles. The van der Waals surface area contributed by atoms with Gasteiger partial charge in [0.25, 0.3) is 0 Å². The van der Waals surface area contributed by atoms with Crippen molar-refractivity contribution in [2.75, 3.05) is 25.4 Å². The number of nitrogens with zero attached hydrogens (tertiary/aromatic N) is 1. The van der Waals surface area contributed by atoms with Crippen LogP contribution in [-0.2, 0) is 0 Å². The maximum Gasteiger partial charge on any atom is 0.126 e. The summed E-state index contributed by atoms with van der Waals surface area (Å²) in [5, 5.41) is 17.9. The molecule has 0 aliphatic carbocycles. The van der Waals surface area contributed by atoms with E-state index in [0.29, 0.717) is 23.4 Å². The molecule has 1 rings (SSSR count). The second-order valence-electron chi connectivity index (χ2n) is 4.81. The van der Waals surface area contributed by atoms with Crippen LogP contribution < -0.4 is 5.73 Å². The molecule has 0 unspecified atom stereocenters. The number of benzene rings is 1. The first-order valence-electron chi connectivity index (χ1n) is 6.97. The van der Waals surface area contributed by atoms with Crippen molar-refractivity contribution in [2.24, 2.45) is 0 Å². The van der Waals surface area contributed by atoms with E-state index in [1.165, 1.54) is 0 Å². The van der Waals surface area contributed by atoms with Gasteiger partial charge in [0.05, 0.1) is 5.56 Å². The van der Waals surface area contributed by atoms with E-state index < -0.39 is 0 Å². The molecule has 1 aromatic carbocycles. The Hall–Kier alpha value is -1.55. The van der Waals surface area contributed by atoms with Crippen LogP contribution in [0.2, 0.25) is 0 Å². The first kappa shape index (κ1) is 15.5. The molecule has 0 saturated carbocycles. The monoisotopic (exact) mass is 263 g/mol. The van der Waals surface area contributed by atoms with Crippen LogP contribution in [0.15, 0.2) is 18.2 Å². The summed E-state index contributed by atoms with van der Waals surface area (Å²) in [6.07, 6.45) is 2.85. The van der Waals surface area contributed by atoms with Gasteiger partial charge in [-0.25, -0.2) is 0 Å². The number of anilines is 1. The first-order chi connectivity index (χ1) is 9.10. The van der Waals surface area contributed by atoms with Crippen LogP contribution in [0.5, 0.6) is 5.75 Å². The molecule has 1 aromatic rings. The average molecular weight is 263 g/mol. The quantitative estimate of drug-likeness (QED) is 0.499. The van der Waals surface area contributed by atoms with Crippen LogP contribution in [0.25, 0.3) is 0 Å². The fourth-order valence-corrected chi connectivity index (χ4v) is 2.25. The van der Waals surface area contributed by atoms with E-state index in [4.69, 9.17) is 11.1 Å². The van der Waals surface area contributed by atoms with Gasteiger partial charge < -0.3 is 21.1 Å². The highest BCUT2D eigenvalue weighted by Gasteiger charge is 2.12. The summed E-state index contributed by atoms with van der Waals surface area (Å²) < 4.78 is 0. The predicted octanol–water partition coefficient (Wildman–Crippen LogP) is 2.85. The summed E-state index contributed by atoms with van der Waals surface area (Å²) in [5.41, 5.74) is 7.20. The van der Waals surface area contributed by atoms with Gasteiger partial charge in [-0.05, 0) is 38.1 Å². The molecule has 0 heterocycles. The molecule has 106 valence electrons. The molecule has 19 heavy (non-hydrogen) atoms. The fraction of sp³-hybridized carbons (Fsp3) is 0.533. The Balaban J connectivity index is 2.64. The van der Waals surface area contributed by atoms with Crippen LogP contribution in [0.4, 0.5) is 5.69 Å². The normalized spacial score (nSPS) is 10.9. The van der Waals surface area contributed by atoms with E-state index in [1.807, 2.05) is 0 Å². The third kappa shape index (κ3) is 4.56. The second-order valence-corrected chi connectivity index (χ2v) is 4.81. The molecule has 0 atom stereocenters. The van der Waals surface area contributed by atoms with Crippen molar-refractivity contribution in [3.8, 4) is 5.75 Å². The minimum Gasteiger partial charge on any atom is -0.507 e. The Morgan fingerprint density at radius 2 is 1.84 bits per heavy atom. The number of nitrogens with two attached hydrogens (primary N) is 1. The molecule has 4 heteroatoms. The molecule has 4 nitrogen and oxygen atoms in total. The lowest BCUT2D eigenvalue weighted by Gasteiger charge is -2.21. The summed E-state index contributed by atoms with van der Waals surface area (Å²) in [4.78, 5) is 2.35. The summed E-state index contributed by atoms with van der Waals surface area (Å²) in [5.74, 6) is 0.0996. The molecule has 0 radical (unpaired) electrons. The topological polar surface area (TPSA) is 73.3 Å². The van der Waals surface area contributed by atoms with E-state index in [-0.39, 0.29) is 5.75 Å². The van der Waals surface area contributed by atoms with Gasteiger partial charge in [0, 0.05) is 24.4 Å². The van der Waals surface area contributed by atoms with Crippen LogP contribution in [-0.4, -0.2) is 35.4 Å². The number of phenolic OH excluding ortho intramolecular Hbond substituents is 1. The van der Waals surface area contributed by atoms with Crippen molar-refractivity contribution in [3.05, 3.63) is 23.8 Å². The van der Waals surface area contributed by atoms with Crippen molar-refractivity contribution in [2.45, 2.75) is 33.1 Å². The van der Waals surface area contributed by atoms with Gasteiger partial charge in [-0.1, -0.05) is 19.9 Å². The summed E-state index contributed by atoms with van der Waals surface area (Å²) in [6.45, 7) is 7.27. The van der Waals surface area contributed by atoms with Crippen LogP contribution in [0, 0.1) is 5.41 Å². The van der Waals surface area contributed by atoms with E-state index in [2.05, 4.69) is 18.7 Å². The van der Waals surface area contributed by atoms with Gasteiger partial charge in [-0.3, -0.25) is 0 Å². The lowest BCUT2D eigenvalue weighted by Crippen LogP contribution is -2.28. The zero-order chi connectivity index (χ0) is 14.3. The highest BCUT2D eigenvalue weighted by molar-refractivity contribution is 6.05. The van der Waals surface area contributed by atoms with Gasteiger partial charge >= 0.3 is 0 Å². The standard InChI is InChI=1S/C15H25N3O/c1-3-9-18(10-4-2)11-8-13(17)15-12(16)6-5-7-14(15)19/h5-7,17,19H,3-4,8-11,16H2,1-2H3. The van der Waals surface area contributed by atoms with Crippen molar-refractivity contribution in [3.63, 3.8) is 0 Å².